The summed E-state index contributed by atoms with van der Waals surface area (Å²) in [4.78, 5) is 14.8. The van der Waals surface area contributed by atoms with Crippen LogP contribution >= 0.6 is 0 Å². The van der Waals surface area contributed by atoms with E-state index in [0.29, 0.717) is 18.0 Å². The fraction of sp³-hybridized carbons (Fsp3) is 0.219. The van der Waals surface area contributed by atoms with Crippen LogP contribution in [0.1, 0.15) is 18.4 Å². The van der Waals surface area contributed by atoms with Gasteiger partial charge in [0.05, 0.1) is 11.4 Å². The highest BCUT2D eigenvalue weighted by Crippen LogP contribution is 2.36. The van der Waals surface area contributed by atoms with Gasteiger partial charge >= 0.3 is 0 Å². The smallest absolute Gasteiger partial charge is 0.181 e. The minimum absolute atomic E-state index is 0.315. The number of hydrogen-bond donors (Lipinski definition) is 2. The van der Waals surface area contributed by atoms with Crippen molar-refractivity contribution in [1.29, 1.82) is 0 Å². The van der Waals surface area contributed by atoms with Gasteiger partial charge in [-0.1, -0.05) is 12.1 Å². The summed E-state index contributed by atoms with van der Waals surface area (Å²) >= 11 is 0. The first-order chi connectivity index (χ1) is 19.6. The maximum absolute atomic E-state index is 14.7. The molecular weight excluding hydrogens is 503 g/mol. The predicted octanol–water partition coefficient (Wildman–Crippen LogP) is 6.76. The Kier molecular flexibility index (Phi) is 6.24. The Morgan fingerprint density at radius 2 is 1.85 bits per heavy atom. The topological polar surface area (TPSA) is 82.7 Å². The first-order valence-electron chi connectivity index (χ1n) is 13.7. The summed E-state index contributed by atoms with van der Waals surface area (Å²) in [5.41, 5.74) is 8.16. The van der Waals surface area contributed by atoms with Crippen LogP contribution in [0.5, 0.6) is 5.75 Å². The molecule has 40 heavy (non-hydrogen) atoms. The molecule has 6 aromatic rings. The quantitative estimate of drug-likeness (QED) is 0.237. The highest BCUT2D eigenvalue weighted by molar-refractivity contribution is 6.01. The summed E-state index contributed by atoms with van der Waals surface area (Å²) in [7, 11) is 0. The summed E-state index contributed by atoms with van der Waals surface area (Å²) in [6.07, 6.45) is 7.95. The van der Waals surface area contributed by atoms with Crippen LogP contribution in [-0.2, 0) is 0 Å². The van der Waals surface area contributed by atoms with Crippen LogP contribution in [0.3, 0.4) is 0 Å². The largest absolute Gasteiger partial charge is 0.492 e. The number of H-pyrrole nitrogens is 2. The average Bonchev–Trinajstić information content (AvgIpc) is 3.72. The van der Waals surface area contributed by atoms with E-state index in [-0.39, 0.29) is 5.82 Å². The van der Waals surface area contributed by atoms with Gasteiger partial charge in [-0.2, -0.15) is 5.10 Å². The number of aromatic nitrogens is 5. The molecule has 1 aliphatic rings. The lowest BCUT2D eigenvalue weighted by Crippen LogP contribution is -2.25. The van der Waals surface area contributed by atoms with Crippen molar-refractivity contribution in [1.82, 2.24) is 30.0 Å². The fourth-order valence-corrected chi connectivity index (χ4v) is 5.66. The van der Waals surface area contributed by atoms with E-state index in [9.17, 15) is 4.39 Å². The van der Waals surface area contributed by atoms with Crippen molar-refractivity contribution in [2.45, 2.75) is 19.8 Å². The van der Waals surface area contributed by atoms with Crippen LogP contribution in [0.25, 0.3) is 55.6 Å². The lowest BCUT2D eigenvalue weighted by Gasteiger charge is -2.15. The SMILES string of the molecule is Cc1ccncc1-c1cnc2n[nH]c(-c3cc4c(-c5cc(F)cc(OCCN6CCCC6)c5)cccc4[nH]3)c2c1. The van der Waals surface area contributed by atoms with Crippen molar-refractivity contribution in [3.05, 3.63) is 84.6 Å². The Labute approximate surface area is 231 Å². The molecule has 0 unspecified atom stereocenters. The zero-order valence-corrected chi connectivity index (χ0v) is 22.2. The number of rotatable bonds is 7. The lowest BCUT2D eigenvalue weighted by atomic mass is 10.0. The maximum Gasteiger partial charge on any atom is 0.181 e. The van der Waals surface area contributed by atoms with Gasteiger partial charge in [-0.05, 0) is 85.9 Å². The van der Waals surface area contributed by atoms with Crippen LogP contribution < -0.4 is 4.74 Å². The number of aryl methyl sites for hydroxylation is 1. The van der Waals surface area contributed by atoms with Crippen molar-refractivity contribution in [3.8, 4) is 39.4 Å². The van der Waals surface area contributed by atoms with Crippen LogP contribution in [0, 0.1) is 12.7 Å². The number of ether oxygens (including phenoxy) is 1. The monoisotopic (exact) mass is 532 g/mol. The van der Waals surface area contributed by atoms with Gasteiger partial charge in [0.15, 0.2) is 5.65 Å². The molecule has 2 N–H and O–H groups in total. The Balaban J connectivity index is 1.24. The molecule has 0 atom stereocenters. The molecule has 0 spiro atoms. The van der Waals surface area contributed by atoms with E-state index in [0.717, 1.165) is 75.1 Å². The molecule has 0 saturated carbocycles. The second kappa shape index (κ2) is 10.2. The van der Waals surface area contributed by atoms with Gasteiger partial charge in [-0.3, -0.25) is 15.0 Å². The van der Waals surface area contributed by atoms with Gasteiger partial charge in [0, 0.05) is 58.6 Å². The van der Waals surface area contributed by atoms with Gasteiger partial charge in [-0.25, -0.2) is 9.37 Å². The summed E-state index contributed by atoms with van der Waals surface area (Å²) < 4.78 is 20.7. The zero-order chi connectivity index (χ0) is 27.1. The molecular formula is C32H29FN6O. The third kappa shape index (κ3) is 4.60. The van der Waals surface area contributed by atoms with Crippen LogP contribution in [-0.4, -0.2) is 56.3 Å². The number of fused-ring (bicyclic) bond motifs is 2. The van der Waals surface area contributed by atoms with Crippen molar-refractivity contribution >= 4 is 21.9 Å². The molecule has 1 saturated heterocycles. The molecule has 7 rings (SSSR count). The summed E-state index contributed by atoms with van der Waals surface area (Å²) in [5.74, 6) is 0.233. The number of benzene rings is 2. The number of nitrogens with zero attached hydrogens (tertiary/aromatic N) is 4. The Morgan fingerprint density at radius 3 is 2.73 bits per heavy atom. The third-order valence-electron chi connectivity index (χ3n) is 7.75. The average molecular weight is 533 g/mol. The molecule has 8 heteroatoms. The van der Waals surface area contributed by atoms with E-state index < -0.39 is 0 Å². The Bertz CT molecular complexity index is 1830. The Morgan fingerprint density at radius 1 is 0.950 bits per heavy atom. The fourth-order valence-electron chi connectivity index (χ4n) is 5.66. The molecule has 0 amide bonds. The minimum Gasteiger partial charge on any atom is -0.492 e. The van der Waals surface area contributed by atoms with E-state index in [4.69, 9.17) is 4.74 Å². The molecule has 7 nitrogen and oxygen atoms in total. The molecule has 2 aromatic carbocycles. The highest BCUT2D eigenvalue weighted by atomic mass is 19.1. The van der Waals surface area contributed by atoms with Gasteiger partial charge in [0.25, 0.3) is 0 Å². The summed E-state index contributed by atoms with van der Waals surface area (Å²) in [6.45, 7) is 5.69. The van der Waals surface area contributed by atoms with E-state index in [1.165, 1.54) is 18.9 Å². The number of aromatic amines is 2. The predicted molar refractivity (Wildman–Crippen MR) is 156 cm³/mol. The van der Waals surface area contributed by atoms with Gasteiger partial charge in [-0.15, -0.1) is 0 Å². The van der Waals surface area contributed by atoms with Crippen LogP contribution in [0.2, 0.25) is 0 Å². The maximum atomic E-state index is 14.7. The van der Waals surface area contributed by atoms with E-state index in [2.05, 4.69) is 49.1 Å². The molecule has 0 bridgehead atoms. The van der Waals surface area contributed by atoms with Gasteiger partial charge in [0.1, 0.15) is 18.2 Å². The van der Waals surface area contributed by atoms with Gasteiger partial charge < -0.3 is 9.72 Å². The molecule has 0 radical (unpaired) electrons. The first kappa shape index (κ1) is 24.5. The number of nitrogens with one attached hydrogen (secondary N) is 2. The zero-order valence-electron chi connectivity index (χ0n) is 22.2. The van der Waals surface area contributed by atoms with Crippen molar-refractivity contribution in [2.75, 3.05) is 26.2 Å². The second-order valence-corrected chi connectivity index (χ2v) is 10.4. The standard InChI is InChI=1S/C32H29FN6O/c1-20-7-8-34-19-28(20)22-15-27-31(37-38-32(27)35-18-22)30-17-26-25(5-4-6-29(26)36-30)21-13-23(33)16-24(14-21)40-12-11-39-9-2-3-10-39/h4-8,13-19,36H,2-3,9-12H2,1H3,(H,35,37,38). The van der Waals surface area contributed by atoms with Crippen LogP contribution in [0.4, 0.5) is 4.39 Å². The van der Waals surface area contributed by atoms with Crippen molar-refractivity contribution in [2.24, 2.45) is 0 Å². The number of hydrogen-bond acceptors (Lipinski definition) is 5. The molecule has 4 aromatic heterocycles. The van der Waals surface area contributed by atoms with E-state index >= 15 is 0 Å². The lowest BCUT2D eigenvalue weighted by molar-refractivity contribution is 0.237. The normalized spacial score (nSPS) is 13.9. The Hall–Kier alpha value is -4.56. The molecule has 5 heterocycles. The third-order valence-corrected chi connectivity index (χ3v) is 7.75. The summed E-state index contributed by atoms with van der Waals surface area (Å²) in [6, 6.07) is 17.1. The number of likely N-dealkylation sites (tertiary alicyclic amines) is 1. The first-order valence-corrected chi connectivity index (χ1v) is 13.7. The van der Waals surface area contributed by atoms with Crippen molar-refractivity contribution in [3.63, 3.8) is 0 Å². The molecule has 200 valence electrons. The van der Waals surface area contributed by atoms with Gasteiger partial charge in [0.2, 0.25) is 0 Å². The minimum atomic E-state index is -0.315. The van der Waals surface area contributed by atoms with E-state index in [1.54, 1.807) is 12.3 Å². The van der Waals surface area contributed by atoms with Crippen molar-refractivity contribution < 1.29 is 9.13 Å². The van der Waals surface area contributed by atoms with E-state index in [1.807, 2.05) is 42.7 Å². The van der Waals surface area contributed by atoms with Crippen LogP contribution in [0.15, 0.2) is 73.2 Å². The number of halogens is 1. The molecule has 0 aliphatic carbocycles. The molecule has 1 fully saturated rings. The summed E-state index contributed by atoms with van der Waals surface area (Å²) in [5, 5.41) is 9.50. The highest BCUT2D eigenvalue weighted by Gasteiger charge is 2.16. The second-order valence-electron chi connectivity index (χ2n) is 10.4. The number of pyridine rings is 2. The molecule has 1 aliphatic heterocycles.